The molecule has 0 amide bonds. The third-order valence-electron chi connectivity index (χ3n) is 2.54. The number of rotatable bonds is 6. The molecule has 4 nitrogen and oxygen atoms in total. The first kappa shape index (κ1) is 12.8. The fraction of sp³-hybridized carbons (Fsp3) is 0.385. The SMILES string of the molecule is CCNc1cc(NC(C)Cc2ccsc2)ncn1. The minimum Gasteiger partial charge on any atom is -0.370 e. The van der Waals surface area contributed by atoms with Crippen LogP contribution in [0.4, 0.5) is 11.6 Å². The monoisotopic (exact) mass is 262 g/mol. The third-order valence-corrected chi connectivity index (χ3v) is 3.27. The first-order chi connectivity index (χ1) is 8.78. The van der Waals surface area contributed by atoms with Gasteiger partial charge in [-0.2, -0.15) is 11.3 Å². The largest absolute Gasteiger partial charge is 0.370 e. The summed E-state index contributed by atoms with van der Waals surface area (Å²) in [6.45, 7) is 5.07. The van der Waals surface area contributed by atoms with E-state index in [1.807, 2.05) is 6.07 Å². The first-order valence-corrected chi connectivity index (χ1v) is 7.05. The number of hydrogen-bond acceptors (Lipinski definition) is 5. The number of nitrogens with zero attached hydrogens (tertiary/aromatic N) is 2. The summed E-state index contributed by atoms with van der Waals surface area (Å²) in [5.74, 6) is 1.72. The average molecular weight is 262 g/mol. The Bertz CT molecular complexity index is 470. The van der Waals surface area contributed by atoms with Crippen molar-refractivity contribution in [3.63, 3.8) is 0 Å². The molecule has 1 unspecified atom stereocenters. The Hall–Kier alpha value is -1.62. The molecule has 96 valence electrons. The van der Waals surface area contributed by atoms with Crippen LogP contribution in [-0.4, -0.2) is 22.6 Å². The zero-order valence-electron chi connectivity index (χ0n) is 10.7. The van der Waals surface area contributed by atoms with Crippen LogP contribution in [0.15, 0.2) is 29.2 Å². The van der Waals surface area contributed by atoms with Crippen molar-refractivity contribution in [3.05, 3.63) is 34.8 Å². The molecule has 0 saturated heterocycles. The van der Waals surface area contributed by atoms with Crippen molar-refractivity contribution in [1.82, 2.24) is 9.97 Å². The van der Waals surface area contributed by atoms with Crippen LogP contribution in [-0.2, 0) is 6.42 Å². The summed E-state index contributed by atoms with van der Waals surface area (Å²) >= 11 is 1.73. The second kappa shape index (κ2) is 6.35. The molecule has 2 heterocycles. The zero-order chi connectivity index (χ0) is 12.8. The summed E-state index contributed by atoms with van der Waals surface area (Å²) < 4.78 is 0. The van der Waals surface area contributed by atoms with E-state index < -0.39 is 0 Å². The van der Waals surface area contributed by atoms with Crippen molar-refractivity contribution in [2.24, 2.45) is 0 Å². The predicted octanol–water partition coefficient (Wildman–Crippen LogP) is 3.01. The van der Waals surface area contributed by atoms with Crippen molar-refractivity contribution in [1.29, 1.82) is 0 Å². The van der Waals surface area contributed by atoms with Gasteiger partial charge in [-0.3, -0.25) is 0 Å². The molecule has 18 heavy (non-hydrogen) atoms. The van der Waals surface area contributed by atoms with Gasteiger partial charge in [-0.1, -0.05) is 0 Å². The summed E-state index contributed by atoms with van der Waals surface area (Å²) in [7, 11) is 0. The maximum Gasteiger partial charge on any atom is 0.131 e. The lowest BCUT2D eigenvalue weighted by Crippen LogP contribution is -2.18. The summed E-state index contributed by atoms with van der Waals surface area (Å²) in [6, 6.07) is 4.45. The van der Waals surface area contributed by atoms with E-state index in [9.17, 15) is 0 Å². The molecule has 2 aromatic rings. The van der Waals surface area contributed by atoms with Gasteiger partial charge in [-0.15, -0.1) is 0 Å². The lowest BCUT2D eigenvalue weighted by molar-refractivity contribution is 0.786. The van der Waals surface area contributed by atoms with Gasteiger partial charge in [0.2, 0.25) is 0 Å². The van der Waals surface area contributed by atoms with E-state index in [2.05, 4.69) is 51.3 Å². The summed E-state index contributed by atoms with van der Waals surface area (Å²) in [5.41, 5.74) is 1.36. The molecule has 2 N–H and O–H groups in total. The fourth-order valence-corrected chi connectivity index (χ4v) is 2.46. The quantitative estimate of drug-likeness (QED) is 0.840. The van der Waals surface area contributed by atoms with Gasteiger partial charge in [-0.25, -0.2) is 9.97 Å². The van der Waals surface area contributed by atoms with Gasteiger partial charge in [0, 0.05) is 18.7 Å². The molecule has 0 bridgehead atoms. The Labute approximate surface area is 111 Å². The van der Waals surface area contributed by atoms with Crippen LogP contribution in [0, 0.1) is 0 Å². The number of hydrogen-bond donors (Lipinski definition) is 2. The molecule has 1 atom stereocenters. The van der Waals surface area contributed by atoms with E-state index >= 15 is 0 Å². The van der Waals surface area contributed by atoms with E-state index in [1.54, 1.807) is 17.7 Å². The summed E-state index contributed by atoms with van der Waals surface area (Å²) in [5, 5.41) is 10.9. The molecule has 0 aliphatic heterocycles. The van der Waals surface area contributed by atoms with E-state index in [0.29, 0.717) is 6.04 Å². The normalized spacial score (nSPS) is 12.1. The predicted molar refractivity (Wildman–Crippen MR) is 77.3 cm³/mol. The minimum absolute atomic E-state index is 0.351. The van der Waals surface area contributed by atoms with Crippen LogP contribution in [0.1, 0.15) is 19.4 Å². The maximum absolute atomic E-state index is 4.23. The van der Waals surface area contributed by atoms with Crippen molar-refractivity contribution < 1.29 is 0 Å². The van der Waals surface area contributed by atoms with Crippen molar-refractivity contribution >= 4 is 23.0 Å². The lowest BCUT2D eigenvalue weighted by atomic mass is 10.1. The molecular weight excluding hydrogens is 244 g/mol. The minimum atomic E-state index is 0.351. The molecule has 2 aromatic heterocycles. The summed E-state index contributed by atoms with van der Waals surface area (Å²) in [4.78, 5) is 8.38. The van der Waals surface area contributed by atoms with Crippen molar-refractivity contribution in [3.8, 4) is 0 Å². The topological polar surface area (TPSA) is 49.8 Å². The van der Waals surface area contributed by atoms with E-state index in [-0.39, 0.29) is 0 Å². The van der Waals surface area contributed by atoms with Crippen LogP contribution in [0.5, 0.6) is 0 Å². The highest BCUT2D eigenvalue weighted by Gasteiger charge is 2.05. The molecule has 0 saturated carbocycles. The number of anilines is 2. The average Bonchev–Trinajstić information content (AvgIpc) is 2.82. The zero-order valence-corrected chi connectivity index (χ0v) is 11.5. The Morgan fingerprint density at radius 1 is 1.33 bits per heavy atom. The van der Waals surface area contributed by atoms with Gasteiger partial charge >= 0.3 is 0 Å². The van der Waals surface area contributed by atoms with E-state index in [4.69, 9.17) is 0 Å². The molecule has 0 aromatic carbocycles. The molecule has 0 fully saturated rings. The molecule has 0 radical (unpaired) electrons. The second-order valence-electron chi connectivity index (χ2n) is 4.20. The number of nitrogens with one attached hydrogen (secondary N) is 2. The Morgan fingerprint density at radius 2 is 2.17 bits per heavy atom. The Balaban J connectivity index is 1.93. The third kappa shape index (κ3) is 3.70. The number of thiophene rings is 1. The standard InChI is InChI=1S/C13H18N4S/c1-3-14-12-7-13(16-9-15-12)17-10(2)6-11-4-5-18-8-11/h4-5,7-10H,3,6H2,1-2H3,(H2,14,15,16,17). The first-order valence-electron chi connectivity index (χ1n) is 6.11. The van der Waals surface area contributed by atoms with Gasteiger partial charge in [0.25, 0.3) is 0 Å². The van der Waals surface area contributed by atoms with Crippen molar-refractivity contribution in [2.75, 3.05) is 17.2 Å². The summed E-state index contributed by atoms with van der Waals surface area (Å²) in [6.07, 6.45) is 2.59. The van der Waals surface area contributed by atoms with Gasteiger partial charge in [0.15, 0.2) is 0 Å². The fourth-order valence-electron chi connectivity index (χ4n) is 1.78. The highest BCUT2D eigenvalue weighted by atomic mass is 32.1. The van der Waals surface area contributed by atoms with Gasteiger partial charge < -0.3 is 10.6 Å². The molecule has 5 heteroatoms. The molecule has 0 aliphatic carbocycles. The second-order valence-corrected chi connectivity index (χ2v) is 4.98. The Morgan fingerprint density at radius 3 is 2.89 bits per heavy atom. The van der Waals surface area contributed by atoms with E-state index in [1.165, 1.54) is 5.56 Å². The molecule has 0 spiro atoms. The highest BCUT2D eigenvalue weighted by molar-refractivity contribution is 7.07. The van der Waals surface area contributed by atoms with Gasteiger partial charge in [-0.05, 0) is 42.7 Å². The molecule has 2 rings (SSSR count). The number of aromatic nitrogens is 2. The highest BCUT2D eigenvalue weighted by Crippen LogP contribution is 2.13. The van der Waals surface area contributed by atoms with Gasteiger partial charge in [0.05, 0.1) is 0 Å². The van der Waals surface area contributed by atoms with E-state index in [0.717, 1.165) is 24.6 Å². The van der Waals surface area contributed by atoms with Crippen LogP contribution >= 0.6 is 11.3 Å². The molecule has 0 aliphatic rings. The Kier molecular flexibility index (Phi) is 4.52. The van der Waals surface area contributed by atoms with Gasteiger partial charge in [0.1, 0.15) is 18.0 Å². The van der Waals surface area contributed by atoms with Crippen LogP contribution in [0.3, 0.4) is 0 Å². The van der Waals surface area contributed by atoms with Crippen LogP contribution in [0.2, 0.25) is 0 Å². The molecular formula is C13H18N4S. The maximum atomic E-state index is 4.23. The lowest BCUT2D eigenvalue weighted by Gasteiger charge is -2.14. The van der Waals surface area contributed by atoms with Crippen molar-refractivity contribution in [2.45, 2.75) is 26.3 Å². The van der Waals surface area contributed by atoms with Crippen LogP contribution in [0.25, 0.3) is 0 Å². The smallest absolute Gasteiger partial charge is 0.131 e. The van der Waals surface area contributed by atoms with Crippen LogP contribution < -0.4 is 10.6 Å².